The van der Waals surface area contributed by atoms with Crippen LogP contribution in [0.4, 0.5) is 0 Å². The summed E-state index contributed by atoms with van der Waals surface area (Å²) in [6.45, 7) is 10.4. The number of rotatable bonds is 7. The van der Waals surface area contributed by atoms with Gasteiger partial charge in [0.2, 0.25) is 0 Å². The maximum absolute atomic E-state index is 12.5. The summed E-state index contributed by atoms with van der Waals surface area (Å²) in [5, 5.41) is 4.40. The van der Waals surface area contributed by atoms with Crippen LogP contribution in [-0.2, 0) is 6.42 Å². The summed E-state index contributed by atoms with van der Waals surface area (Å²) in [6.07, 6.45) is 3.02. The van der Waals surface area contributed by atoms with E-state index in [4.69, 9.17) is 4.74 Å². The van der Waals surface area contributed by atoms with E-state index >= 15 is 0 Å². The molecule has 1 unspecified atom stereocenters. The van der Waals surface area contributed by atoms with Crippen LogP contribution in [0.1, 0.15) is 66.8 Å². The lowest BCUT2D eigenvalue weighted by molar-refractivity contribution is 0.0817. The summed E-state index contributed by atoms with van der Waals surface area (Å²) in [5.74, 6) is 1.06. The second-order valence-electron chi connectivity index (χ2n) is 6.34. The Hall–Kier alpha value is -2.10. The highest BCUT2D eigenvalue weighted by Crippen LogP contribution is 2.28. The number of nitrogens with zero attached hydrogens (tertiary/aromatic N) is 2. The van der Waals surface area contributed by atoms with Crippen molar-refractivity contribution < 1.29 is 9.53 Å². The van der Waals surface area contributed by atoms with Crippen molar-refractivity contribution in [3.05, 3.63) is 46.8 Å². The lowest BCUT2D eigenvalue weighted by Gasteiger charge is -2.15. The molecule has 1 aromatic carbocycles. The second kappa shape index (κ2) is 8.13. The van der Waals surface area contributed by atoms with Gasteiger partial charge in [-0.05, 0) is 49.8 Å². The predicted molar refractivity (Wildman–Crippen MR) is 97.0 cm³/mol. The second-order valence-corrected chi connectivity index (χ2v) is 6.34. The normalized spacial score (nSPS) is 12.2. The van der Waals surface area contributed by atoms with E-state index in [0.29, 0.717) is 5.92 Å². The molecule has 0 fully saturated rings. The first-order valence-electron chi connectivity index (χ1n) is 8.79. The highest BCUT2D eigenvalue weighted by atomic mass is 16.5. The third kappa shape index (κ3) is 3.86. The molecule has 4 heteroatoms. The number of hydrogen-bond donors (Lipinski definition) is 0. The van der Waals surface area contributed by atoms with Crippen molar-refractivity contribution >= 4 is 5.91 Å². The highest BCUT2D eigenvalue weighted by molar-refractivity contribution is 5.80. The minimum atomic E-state index is -0.128. The number of hydrogen-bond acceptors (Lipinski definition) is 3. The van der Waals surface area contributed by atoms with Gasteiger partial charge in [0.15, 0.2) is 6.61 Å². The van der Waals surface area contributed by atoms with Gasteiger partial charge in [0, 0.05) is 5.69 Å². The van der Waals surface area contributed by atoms with E-state index in [0.717, 1.165) is 42.0 Å². The minimum absolute atomic E-state index is 0.000965. The van der Waals surface area contributed by atoms with E-state index in [1.807, 2.05) is 32.0 Å². The van der Waals surface area contributed by atoms with E-state index in [9.17, 15) is 4.79 Å². The predicted octanol–water partition coefficient (Wildman–Crippen LogP) is 4.69. The van der Waals surface area contributed by atoms with Gasteiger partial charge in [0.05, 0.1) is 5.69 Å². The molecule has 0 saturated heterocycles. The Kier molecular flexibility index (Phi) is 6.18. The van der Waals surface area contributed by atoms with Gasteiger partial charge in [-0.3, -0.25) is 4.79 Å². The van der Waals surface area contributed by atoms with Crippen LogP contribution in [0, 0.1) is 13.8 Å². The average Bonchev–Trinajstić information content (AvgIpc) is 2.88. The van der Waals surface area contributed by atoms with Crippen molar-refractivity contribution in [3.8, 4) is 5.75 Å². The Morgan fingerprint density at radius 3 is 2.62 bits per heavy atom. The van der Waals surface area contributed by atoms with Crippen LogP contribution in [0.25, 0.3) is 0 Å². The largest absolute Gasteiger partial charge is 0.483 e. The Morgan fingerprint density at radius 1 is 1.25 bits per heavy atom. The smallest absolute Gasteiger partial charge is 0.284 e. The van der Waals surface area contributed by atoms with E-state index in [-0.39, 0.29) is 12.5 Å². The fourth-order valence-corrected chi connectivity index (χ4v) is 2.97. The third-order valence-electron chi connectivity index (χ3n) is 4.59. The molecule has 1 aromatic heterocycles. The van der Waals surface area contributed by atoms with Gasteiger partial charge in [-0.15, -0.1) is 0 Å². The molecule has 0 spiro atoms. The lowest BCUT2D eigenvalue weighted by atomic mass is 9.98. The third-order valence-corrected chi connectivity index (χ3v) is 4.59. The summed E-state index contributed by atoms with van der Waals surface area (Å²) >= 11 is 0. The maximum Gasteiger partial charge on any atom is 0.284 e. The van der Waals surface area contributed by atoms with Gasteiger partial charge in [-0.1, -0.05) is 45.4 Å². The Labute approximate surface area is 144 Å². The average molecular weight is 328 g/mol. The topological polar surface area (TPSA) is 44.1 Å². The minimum Gasteiger partial charge on any atom is -0.483 e. The van der Waals surface area contributed by atoms with Crippen LogP contribution in [0.2, 0.25) is 0 Å². The summed E-state index contributed by atoms with van der Waals surface area (Å²) in [5.41, 5.74) is 4.18. The number of aryl methyl sites for hydroxylation is 1. The van der Waals surface area contributed by atoms with Crippen molar-refractivity contribution in [2.75, 3.05) is 6.61 Å². The first kappa shape index (κ1) is 18.2. The molecule has 0 aliphatic carbocycles. The first-order valence-corrected chi connectivity index (χ1v) is 8.79. The summed E-state index contributed by atoms with van der Waals surface area (Å²) < 4.78 is 7.32. The van der Waals surface area contributed by atoms with E-state index in [1.54, 1.807) is 0 Å². The quantitative estimate of drug-likeness (QED) is 0.741. The summed E-state index contributed by atoms with van der Waals surface area (Å²) in [7, 11) is 0. The number of aromatic nitrogens is 2. The zero-order valence-electron chi connectivity index (χ0n) is 15.4. The molecule has 1 atom stereocenters. The van der Waals surface area contributed by atoms with E-state index in [1.165, 1.54) is 10.2 Å². The van der Waals surface area contributed by atoms with Gasteiger partial charge < -0.3 is 4.74 Å². The standard InChI is InChI=1S/C20H28N2O2/c1-6-10-18-15(4)21-22(16(18)5)20(23)13-24-19-12-9-8-11-17(19)14(3)7-2/h8-9,11-12,14H,6-7,10,13H2,1-5H3. The zero-order valence-corrected chi connectivity index (χ0v) is 15.4. The molecule has 24 heavy (non-hydrogen) atoms. The molecule has 0 aliphatic rings. The molecule has 0 bridgehead atoms. The Bertz CT molecular complexity index is 704. The van der Waals surface area contributed by atoms with Gasteiger partial charge in [-0.25, -0.2) is 4.68 Å². The van der Waals surface area contributed by atoms with Gasteiger partial charge in [-0.2, -0.15) is 5.10 Å². The number of benzene rings is 1. The first-order chi connectivity index (χ1) is 11.5. The van der Waals surface area contributed by atoms with Crippen molar-refractivity contribution in [2.24, 2.45) is 0 Å². The fourth-order valence-electron chi connectivity index (χ4n) is 2.97. The van der Waals surface area contributed by atoms with Crippen molar-refractivity contribution in [1.29, 1.82) is 0 Å². The molecule has 0 N–H and O–H groups in total. The lowest BCUT2D eigenvalue weighted by Crippen LogP contribution is -2.22. The zero-order chi connectivity index (χ0) is 17.7. The Balaban J connectivity index is 2.13. The summed E-state index contributed by atoms with van der Waals surface area (Å²) in [6, 6.07) is 7.94. The van der Waals surface area contributed by atoms with Crippen LogP contribution in [-0.4, -0.2) is 22.3 Å². The van der Waals surface area contributed by atoms with Crippen LogP contribution in [0.3, 0.4) is 0 Å². The molecule has 0 amide bonds. The Morgan fingerprint density at radius 2 is 1.96 bits per heavy atom. The fraction of sp³-hybridized carbons (Fsp3) is 0.500. The molecule has 4 nitrogen and oxygen atoms in total. The van der Waals surface area contributed by atoms with Crippen LogP contribution < -0.4 is 4.74 Å². The van der Waals surface area contributed by atoms with Crippen molar-refractivity contribution in [1.82, 2.24) is 9.78 Å². The number of carbonyl (C=O) groups is 1. The monoisotopic (exact) mass is 328 g/mol. The molecule has 1 heterocycles. The van der Waals surface area contributed by atoms with Crippen molar-refractivity contribution in [3.63, 3.8) is 0 Å². The molecule has 2 rings (SSSR count). The molecular weight excluding hydrogens is 300 g/mol. The van der Waals surface area contributed by atoms with Gasteiger partial charge in [0.1, 0.15) is 5.75 Å². The molecule has 0 radical (unpaired) electrons. The molecule has 2 aromatic rings. The van der Waals surface area contributed by atoms with Gasteiger partial charge in [0.25, 0.3) is 5.91 Å². The highest BCUT2D eigenvalue weighted by Gasteiger charge is 2.17. The van der Waals surface area contributed by atoms with Crippen LogP contribution in [0.15, 0.2) is 24.3 Å². The summed E-state index contributed by atoms with van der Waals surface area (Å²) in [4.78, 5) is 12.5. The van der Waals surface area contributed by atoms with E-state index in [2.05, 4.69) is 31.9 Å². The number of para-hydroxylation sites is 1. The van der Waals surface area contributed by atoms with Crippen LogP contribution >= 0.6 is 0 Å². The van der Waals surface area contributed by atoms with Gasteiger partial charge >= 0.3 is 0 Å². The van der Waals surface area contributed by atoms with E-state index < -0.39 is 0 Å². The molecular formula is C20H28N2O2. The molecule has 130 valence electrons. The van der Waals surface area contributed by atoms with Crippen LogP contribution in [0.5, 0.6) is 5.75 Å². The number of carbonyl (C=O) groups excluding carboxylic acids is 1. The maximum atomic E-state index is 12.5. The van der Waals surface area contributed by atoms with Crippen molar-refractivity contribution in [2.45, 2.75) is 59.8 Å². The number of ether oxygens (including phenoxy) is 1. The SMILES string of the molecule is CCCc1c(C)nn(C(=O)COc2ccccc2C(C)CC)c1C. The molecule has 0 aliphatic heterocycles. The molecule has 0 saturated carbocycles.